The number of rotatable bonds is 3. The van der Waals surface area contributed by atoms with Gasteiger partial charge in [-0.15, -0.1) is 0 Å². The molecule has 2 nitrogen and oxygen atoms in total. The fourth-order valence-corrected chi connectivity index (χ4v) is 2.07. The summed E-state index contributed by atoms with van der Waals surface area (Å²) in [6.07, 6.45) is -0.542. The molecule has 20 heavy (non-hydrogen) atoms. The Bertz CT molecular complexity index is 563. The SMILES string of the molecule is C[C@@H](O)c1ccccc1Oc1ccc(C(C)(C)C)cc1. The second-order valence-electron chi connectivity index (χ2n) is 6.09. The molecule has 0 unspecified atom stereocenters. The maximum absolute atomic E-state index is 9.75. The van der Waals surface area contributed by atoms with Crippen molar-refractivity contribution >= 4 is 0 Å². The summed E-state index contributed by atoms with van der Waals surface area (Å²) in [4.78, 5) is 0. The molecule has 0 aromatic heterocycles. The molecule has 0 heterocycles. The van der Waals surface area contributed by atoms with E-state index in [0.29, 0.717) is 5.75 Å². The van der Waals surface area contributed by atoms with Crippen molar-refractivity contribution in [1.29, 1.82) is 0 Å². The molecule has 1 atom stereocenters. The van der Waals surface area contributed by atoms with E-state index >= 15 is 0 Å². The van der Waals surface area contributed by atoms with Crippen molar-refractivity contribution in [3.63, 3.8) is 0 Å². The molecule has 2 aromatic rings. The van der Waals surface area contributed by atoms with Crippen molar-refractivity contribution in [2.24, 2.45) is 0 Å². The summed E-state index contributed by atoms with van der Waals surface area (Å²) in [6, 6.07) is 15.7. The maximum atomic E-state index is 9.75. The van der Waals surface area contributed by atoms with Gasteiger partial charge < -0.3 is 9.84 Å². The van der Waals surface area contributed by atoms with Crippen molar-refractivity contribution in [3.05, 3.63) is 59.7 Å². The first-order chi connectivity index (χ1) is 9.38. The third kappa shape index (κ3) is 3.40. The zero-order chi connectivity index (χ0) is 14.8. The summed E-state index contributed by atoms with van der Waals surface area (Å²) in [7, 11) is 0. The topological polar surface area (TPSA) is 29.5 Å². The van der Waals surface area contributed by atoms with E-state index in [1.165, 1.54) is 5.56 Å². The molecule has 0 aliphatic heterocycles. The van der Waals surface area contributed by atoms with E-state index in [0.717, 1.165) is 11.3 Å². The molecule has 0 bridgehead atoms. The van der Waals surface area contributed by atoms with Gasteiger partial charge >= 0.3 is 0 Å². The van der Waals surface area contributed by atoms with Gasteiger partial charge in [-0.2, -0.15) is 0 Å². The van der Waals surface area contributed by atoms with Gasteiger partial charge in [-0.1, -0.05) is 51.1 Å². The van der Waals surface area contributed by atoms with Gasteiger partial charge in [-0.25, -0.2) is 0 Å². The van der Waals surface area contributed by atoms with E-state index in [1.54, 1.807) is 6.92 Å². The number of aliphatic hydroxyl groups excluding tert-OH is 1. The third-order valence-electron chi connectivity index (χ3n) is 3.32. The summed E-state index contributed by atoms with van der Waals surface area (Å²) in [6.45, 7) is 8.30. The fraction of sp³-hybridized carbons (Fsp3) is 0.333. The molecular weight excluding hydrogens is 248 g/mol. The molecular formula is C18H22O2. The zero-order valence-electron chi connectivity index (χ0n) is 12.6. The number of para-hydroxylation sites is 1. The van der Waals surface area contributed by atoms with E-state index in [9.17, 15) is 5.11 Å². The average molecular weight is 270 g/mol. The summed E-state index contributed by atoms with van der Waals surface area (Å²) in [5.41, 5.74) is 2.21. The Balaban J connectivity index is 2.23. The Morgan fingerprint density at radius 1 is 0.950 bits per heavy atom. The Morgan fingerprint density at radius 2 is 1.55 bits per heavy atom. The molecule has 0 spiro atoms. The predicted octanol–water partition coefficient (Wildman–Crippen LogP) is 4.83. The van der Waals surface area contributed by atoms with Crippen molar-refractivity contribution in [1.82, 2.24) is 0 Å². The molecule has 2 aromatic carbocycles. The van der Waals surface area contributed by atoms with Crippen molar-refractivity contribution in [2.75, 3.05) is 0 Å². The van der Waals surface area contributed by atoms with Gasteiger partial charge in [0.1, 0.15) is 11.5 Å². The van der Waals surface area contributed by atoms with Crippen molar-refractivity contribution in [3.8, 4) is 11.5 Å². The third-order valence-corrected chi connectivity index (χ3v) is 3.32. The van der Waals surface area contributed by atoms with Gasteiger partial charge in [0.2, 0.25) is 0 Å². The molecule has 2 heteroatoms. The molecule has 2 rings (SSSR count). The monoisotopic (exact) mass is 270 g/mol. The smallest absolute Gasteiger partial charge is 0.133 e. The standard InChI is InChI=1S/C18H22O2/c1-13(19)16-7-5-6-8-17(16)20-15-11-9-14(10-12-15)18(2,3)4/h5-13,19H,1-4H3/t13-/m1/s1. The van der Waals surface area contributed by atoms with E-state index in [-0.39, 0.29) is 5.41 Å². The first-order valence-electron chi connectivity index (χ1n) is 6.93. The number of hydrogen-bond donors (Lipinski definition) is 1. The lowest BCUT2D eigenvalue weighted by atomic mass is 9.87. The molecule has 0 amide bonds. The molecule has 1 N–H and O–H groups in total. The summed E-state index contributed by atoms with van der Waals surface area (Å²) >= 11 is 0. The van der Waals surface area contributed by atoms with E-state index < -0.39 is 6.10 Å². The lowest BCUT2D eigenvalue weighted by Gasteiger charge is -2.19. The van der Waals surface area contributed by atoms with Crippen LogP contribution >= 0.6 is 0 Å². The highest BCUT2D eigenvalue weighted by molar-refractivity contribution is 5.40. The second kappa shape index (κ2) is 5.68. The van der Waals surface area contributed by atoms with Gasteiger partial charge in [-0.05, 0) is 36.1 Å². The normalized spacial score (nSPS) is 13.1. The first kappa shape index (κ1) is 14.6. The molecule has 0 aliphatic rings. The highest BCUT2D eigenvalue weighted by atomic mass is 16.5. The Morgan fingerprint density at radius 3 is 2.10 bits per heavy atom. The van der Waals surface area contributed by atoms with Crippen LogP contribution in [0.2, 0.25) is 0 Å². The summed E-state index contributed by atoms with van der Waals surface area (Å²) in [5.74, 6) is 1.48. The van der Waals surface area contributed by atoms with Crippen molar-refractivity contribution < 1.29 is 9.84 Å². The highest BCUT2D eigenvalue weighted by Crippen LogP contribution is 2.31. The summed E-state index contributed by atoms with van der Waals surface area (Å²) in [5, 5.41) is 9.75. The lowest BCUT2D eigenvalue weighted by molar-refractivity contribution is 0.195. The minimum atomic E-state index is -0.542. The van der Waals surface area contributed by atoms with Crippen LogP contribution in [0.25, 0.3) is 0 Å². The Kier molecular flexibility index (Phi) is 4.15. The van der Waals surface area contributed by atoms with Crippen LogP contribution in [0.15, 0.2) is 48.5 Å². The molecule has 106 valence electrons. The quantitative estimate of drug-likeness (QED) is 0.865. The summed E-state index contributed by atoms with van der Waals surface area (Å²) < 4.78 is 5.88. The fourth-order valence-electron chi connectivity index (χ4n) is 2.07. The van der Waals surface area contributed by atoms with Crippen LogP contribution in [0.3, 0.4) is 0 Å². The lowest BCUT2D eigenvalue weighted by Crippen LogP contribution is -2.10. The van der Waals surface area contributed by atoms with E-state index in [2.05, 4.69) is 32.9 Å². The van der Waals surface area contributed by atoms with Crippen LogP contribution in [0.1, 0.15) is 44.9 Å². The van der Waals surface area contributed by atoms with E-state index in [4.69, 9.17) is 4.74 Å². The largest absolute Gasteiger partial charge is 0.457 e. The van der Waals surface area contributed by atoms with Gasteiger partial charge in [0.05, 0.1) is 6.10 Å². The predicted molar refractivity (Wildman–Crippen MR) is 82.3 cm³/mol. The minimum absolute atomic E-state index is 0.135. The Labute approximate surface area is 121 Å². The van der Waals surface area contributed by atoms with Gasteiger partial charge in [0, 0.05) is 5.56 Å². The molecule has 0 saturated heterocycles. The second-order valence-corrected chi connectivity index (χ2v) is 6.09. The maximum Gasteiger partial charge on any atom is 0.133 e. The van der Waals surface area contributed by atoms with Crippen LogP contribution in [0, 0.1) is 0 Å². The average Bonchev–Trinajstić information content (AvgIpc) is 2.38. The Hall–Kier alpha value is -1.80. The number of hydrogen-bond acceptors (Lipinski definition) is 2. The van der Waals surface area contributed by atoms with Gasteiger partial charge in [-0.3, -0.25) is 0 Å². The van der Waals surface area contributed by atoms with Crippen LogP contribution in [0.5, 0.6) is 11.5 Å². The van der Waals surface area contributed by atoms with Crippen LogP contribution in [0.4, 0.5) is 0 Å². The molecule has 0 fully saturated rings. The minimum Gasteiger partial charge on any atom is -0.457 e. The van der Waals surface area contributed by atoms with Crippen molar-refractivity contribution in [2.45, 2.75) is 39.2 Å². The zero-order valence-corrected chi connectivity index (χ0v) is 12.6. The van der Waals surface area contributed by atoms with Crippen LogP contribution in [-0.4, -0.2) is 5.11 Å². The van der Waals surface area contributed by atoms with Gasteiger partial charge in [0.25, 0.3) is 0 Å². The van der Waals surface area contributed by atoms with Crippen LogP contribution < -0.4 is 4.74 Å². The first-order valence-corrected chi connectivity index (χ1v) is 6.93. The van der Waals surface area contributed by atoms with E-state index in [1.807, 2.05) is 36.4 Å². The molecule has 0 aliphatic carbocycles. The number of benzene rings is 2. The van der Waals surface area contributed by atoms with Crippen LogP contribution in [-0.2, 0) is 5.41 Å². The number of ether oxygens (including phenoxy) is 1. The van der Waals surface area contributed by atoms with Gasteiger partial charge in [0.15, 0.2) is 0 Å². The highest BCUT2D eigenvalue weighted by Gasteiger charge is 2.14. The number of aliphatic hydroxyl groups is 1. The molecule has 0 radical (unpaired) electrons. The molecule has 0 saturated carbocycles.